The topological polar surface area (TPSA) is 47.3 Å². The molecule has 0 aromatic heterocycles. The van der Waals surface area contributed by atoms with Crippen molar-refractivity contribution in [2.75, 3.05) is 31.9 Å². The highest BCUT2D eigenvalue weighted by molar-refractivity contribution is 8.00. The van der Waals surface area contributed by atoms with E-state index in [-0.39, 0.29) is 17.5 Å². The SMILES string of the molecule is N#Cc1ccc(CN2CCCN(C(=O)CSc3ccccc3F)CC2)cc1. The molecule has 0 unspecified atom stereocenters. The van der Waals surface area contributed by atoms with E-state index >= 15 is 0 Å². The largest absolute Gasteiger partial charge is 0.341 e. The van der Waals surface area contributed by atoms with Gasteiger partial charge in [-0.2, -0.15) is 5.26 Å². The monoisotopic (exact) mass is 383 g/mol. The van der Waals surface area contributed by atoms with Crippen LogP contribution < -0.4 is 0 Å². The van der Waals surface area contributed by atoms with Gasteiger partial charge in [-0.3, -0.25) is 9.69 Å². The molecule has 0 N–H and O–H groups in total. The molecule has 140 valence electrons. The number of carbonyl (C=O) groups is 1. The lowest BCUT2D eigenvalue weighted by Crippen LogP contribution is -2.36. The summed E-state index contributed by atoms with van der Waals surface area (Å²) in [5.74, 6) is 0.0412. The minimum Gasteiger partial charge on any atom is -0.341 e. The van der Waals surface area contributed by atoms with Crippen LogP contribution >= 0.6 is 11.8 Å². The highest BCUT2D eigenvalue weighted by atomic mass is 32.2. The van der Waals surface area contributed by atoms with E-state index in [9.17, 15) is 9.18 Å². The Morgan fingerprint density at radius 2 is 1.85 bits per heavy atom. The molecule has 4 nitrogen and oxygen atoms in total. The summed E-state index contributed by atoms with van der Waals surface area (Å²) in [7, 11) is 0. The van der Waals surface area contributed by atoms with Gasteiger partial charge in [0.2, 0.25) is 5.91 Å². The second-order valence-electron chi connectivity index (χ2n) is 6.54. The summed E-state index contributed by atoms with van der Waals surface area (Å²) in [6, 6.07) is 16.3. The molecule has 6 heteroatoms. The number of amides is 1. The first-order valence-electron chi connectivity index (χ1n) is 9.02. The number of nitrogens with zero attached hydrogens (tertiary/aromatic N) is 3. The van der Waals surface area contributed by atoms with Gasteiger partial charge in [-0.15, -0.1) is 11.8 Å². The standard InChI is InChI=1S/C21H22FN3OS/c22-19-4-1-2-5-20(19)27-16-21(26)25-11-3-10-24(12-13-25)15-18-8-6-17(14-23)7-9-18/h1-2,4-9H,3,10-13,15-16H2. The van der Waals surface area contributed by atoms with E-state index in [4.69, 9.17) is 5.26 Å². The van der Waals surface area contributed by atoms with Crippen LogP contribution in [0.25, 0.3) is 0 Å². The second-order valence-corrected chi connectivity index (χ2v) is 7.56. The van der Waals surface area contributed by atoms with Crippen LogP contribution in [0.3, 0.4) is 0 Å². The van der Waals surface area contributed by atoms with E-state index in [0.29, 0.717) is 17.0 Å². The first-order valence-corrected chi connectivity index (χ1v) is 10.0. The molecule has 1 saturated heterocycles. The molecule has 0 aliphatic carbocycles. The Labute approximate surface area is 163 Å². The fourth-order valence-corrected chi connectivity index (χ4v) is 3.96. The molecule has 2 aromatic rings. The van der Waals surface area contributed by atoms with Crippen LogP contribution in [0.1, 0.15) is 17.5 Å². The quantitative estimate of drug-likeness (QED) is 0.741. The Bertz CT molecular complexity index is 819. The van der Waals surface area contributed by atoms with Crippen LogP contribution in [-0.4, -0.2) is 47.6 Å². The minimum atomic E-state index is -0.278. The molecule has 0 saturated carbocycles. The maximum Gasteiger partial charge on any atom is 0.232 e. The number of halogens is 1. The van der Waals surface area contributed by atoms with Crippen LogP contribution in [0.4, 0.5) is 4.39 Å². The fraction of sp³-hybridized carbons (Fsp3) is 0.333. The Morgan fingerprint density at radius 1 is 1.07 bits per heavy atom. The van der Waals surface area contributed by atoms with Gasteiger partial charge in [0, 0.05) is 37.6 Å². The Balaban J connectivity index is 1.49. The van der Waals surface area contributed by atoms with Crippen molar-refractivity contribution in [1.29, 1.82) is 5.26 Å². The van der Waals surface area contributed by atoms with Gasteiger partial charge in [0.1, 0.15) is 5.82 Å². The van der Waals surface area contributed by atoms with Crippen molar-refractivity contribution in [2.24, 2.45) is 0 Å². The van der Waals surface area contributed by atoms with Gasteiger partial charge in [0.05, 0.1) is 17.4 Å². The number of hydrogen-bond donors (Lipinski definition) is 0. The molecule has 27 heavy (non-hydrogen) atoms. The molecule has 0 spiro atoms. The molecule has 1 aliphatic rings. The zero-order valence-corrected chi connectivity index (χ0v) is 15.9. The summed E-state index contributed by atoms with van der Waals surface area (Å²) < 4.78 is 13.7. The van der Waals surface area contributed by atoms with E-state index in [1.807, 2.05) is 29.2 Å². The Morgan fingerprint density at radius 3 is 2.59 bits per heavy atom. The molecule has 1 heterocycles. The van der Waals surface area contributed by atoms with Crippen LogP contribution in [0.2, 0.25) is 0 Å². The van der Waals surface area contributed by atoms with E-state index < -0.39 is 0 Å². The van der Waals surface area contributed by atoms with E-state index in [0.717, 1.165) is 32.6 Å². The van der Waals surface area contributed by atoms with Gasteiger partial charge in [0.15, 0.2) is 0 Å². The third kappa shape index (κ3) is 5.56. The molecule has 1 fully saturated rings. The van der Waals surface area contributed by atoms with Crippen LogP contribution in [-0.2, 0) is 11.3 Å². The molecule has 0 radical (unpaired) electrons. The Kier molecular flexibility index (Phi) is 6.86. The average molecular weight is 383 g/mol. The summed E-state index contributed by atoms with van der Waals surface area (Å²) in [6.45, 7) is 3.99. The van der Waals surface area contributed by atoms with E-state index in [1.165, 1.54) is 23.4 Å². The van der Waals surface area contributed by atoms with Crippen LogP contribution in [0, 0.1) is 17.1 Å². The van der Waals surface area contributed by atoms with E-state index in [1.54, 1.807) is 18.2 Å². The lowest BCUT2D eigenvalue weighted by molar-refractivity contribution is -0.128. The smallest absolute Gasteiger partial charge is 0.232 e. The number of hydrogen-bond acceptors (Lipinski definition) is 4. The lowest BCUT2D eigenvalue weighted by Gasteiger charge is -2.22. The highest BCUT2D eigenvalue weighted by Gasteiger charge is 2.19. The zero-order valence-electron chi connectivity index (χ0n) is 15.1. The van der Waals surface area contributed by atoms with Crippen molar-refractivity contribution in [1.82, 2.24) is 9.80 Å². The number of carbonyl (C=O) groups excluding carboxylic acids is 1. The number of thioether (sulfide) groups is 1. The summed E-state index contributed by atoms with van der Waals surface area (Å²) in [6.07, 6.45) is 0.923. The first-order chi connectivity index (χ1) is 13.2. The number of nitriles is 1. The average Bonchev–Trinajstić information content (AvgIpc) is 2.93. The van der Waals surface area contributed by atoms with Gasteiger partial charge in [-0.25, -0.2) is 4.39 Å². The third-order valence-electron chi connectivity index (χ3n) is 4.62. The van der Waals surface area contributed by atoms with Crippen molar-refractivity contribution in [3.8, 4) is 6.07 Å². The van der Waals surface area contributed by atoms with Gasteiger partial charge in [-0.05, 0) is 36.2 Å². The summed E-state index contributed by atoms with van der Waals surface area (Å²) in [5.41, 5.74) is 1.84. The Hall–Kier alpha value is -2.36. The van der Waals surface area contributed by atoms with Crippen molar-refractivity contribution in [3.63, 3.8) is 0 Å². The molecule has 2 aromatic carbocycles. The van der Waals surface area contributed by atoms with Crippen LogP contribution in [0.15, 0.2) is 53.4 Å². The molecular formula is C21H22FN3OS. The van der Waals surface area contributed by atoms with Crippen LogP contribution in [0.5, 0.6) is 0 Å². The molecule has 0 bridgehead atoms. The van der Waals surface area contributed by atoms with Gasteiger partial charge in [0.25, 0.3) is 0 Å². The summed E-state index contributed by atoms with van der Waals surface area (Å²) in [4.78, 5) is 17.2. The van der Waals surface area contributed by atoms with E-state index in [2.05, 4.69) is 11.0 Å². The highest BCUT2D eigenvalue weighted by Crippen LogP contribution is 2.21. The lowest BCUT2D eigenvalue weighted by atomic mass is 10.1. The number of benzene rings is 2. The molecule has 1 aliphatic heterocycles. The molecule has 1 amide bonds. The summed E-state index contributed by atoms with van der Waals surface area (Å²) in [5, 5.41) is 8.88. The van der Waals surface area contributed by atoms with Crippen molar-refractivity contribution < 1.29 is 9.18 Å². The predicted molar refractivity (Wildman–Crippen MR) is 105 cm³/mol. The van der Waals surface area contributed by atoms with Crippen molar-refractivity contribution in [2.45, 2.75) is 17.9 Å². The molecular weight excluding hydrogens is 361 g/mol. The fourth-order valence-electron chi connectivity index (χ4n) is 3.11. The van der Waals surface area contributed by atoms with Gasteiger partial charge < -0.3 is 4.90 Å². The molecule has 3 rings (SSSR count). The van der Waals surface area contributed by atoms with Gasteiger partial charge in [-0.1, -0.05) is 24.3 Å². The second kappa shape index (κ2) is 9.54. The van der Waals surface area contributed by atoms with Crippen molar-refractivity contribution in [3.05, 3.63) is 65.5 Å². The summed E-state index contributed by atoms with van der Waals surface area (Å²) >= 11 is 1.26. The maximum absolute atomic E-state index is 13.7. The van der Waals surface area contributed by atoms with Gasteiger partial charge >= 0.3 is 0 Å². The maximum atomic E-state index is 13.7. The predicted octanol–water partition coefficient (Wildman–Crippen LogP) is 3.52. The third-order valence-corrected chi connectivity index (χ3v) is 5.65. The molecule has 0 atom stereocenters. The minimum absolute atomic E-state index is 0.0588. The first kappa shape index (κ1) is 19.4. The normalized spacial score (nSPS) is 15.2. The number of rotatable bonds is 5. The zero-order chi connectivity index (χ0) is 19.1. The van der Waals surface area contributed by atoms with Crippen molar-refractivity contribution >= 4 is 17.7 Å².